The van der Waals surface area contributed by atoms with Crippen LogP contribution in [0, 0.1) is 18.3 Å². The third-order valence-electron chi connectivity index (χ3n) is 4.52. The zero-order valence-electron chi connectivity index (χ0n) is 14.3. The molecule has 5 heteroatoms. The summed E-state index contributed by atoms with van der Waals surface area (Å²) >= 11 is 1.60. The van der Waals surface area contributed by atoms with Crippen molar-refractivity contribution in [3.05, 3.63) is 63.6 Å². The molecule has 1 aliphatic rings. The molecule has 2 aromatic rings. The van der Waals surface area contributed by atoms with E-state index in [4.69, 9.17) is 0 Å². The molecular formula is C20H21N3OS. The molecule has 25 heavy (non-hydrogen) atoms. The molecule has 1 atom stereocenters. The van der Waals surface area contributed by atoms with E-state index in [9.17, 15) is 10.1 Å². The Morgan fingerprint density at radius 3 is 2.92 bits per heavy atom. The van der Waals surface area contributed by atoms with Gasteiger partial charge < -0.3 is 4.90 Å². The van der Waals surface area contributed by atoms with E-state index in [1.54, 1.807) is 23.6 Å². The van der Waals surface area contributed by atoms with E-state index >= 15 is 0 Å². The van der Waals surface area contributed by atoms with Gasteiger partial charge >= 0.3 is 0 Å². The molecule has 1 saturated heterocycles. The number of hydrogen-bond acceptors (Lipinski definition) is 4. The van der Waals surface area contributed by atoms with E-state index in [1.165, 1.54) is 5.56 Å². The zero-order chi connectivity index (χ0) is 17.6. The van der Waals surface area contributed by atoms with Crippen molar-refractivity contribution < 1.29 is 4.79 Å². The normalized spacial score (nSPS) is 17.5. The highest BCUT2D eigenvalue weighted by Gasteiger charge is 2.31. The van der Waals surface area contributed by atoms with Gasteiger partial charge in [0.2, 0.25) is 0 Å². The summed E-state index contributed by atoms with van der Waals surface area (Å²) in [6.45, 7) is 2.77. The molecule has 1 fully saturated rings. The predicted octanol–water partition coefficient (Wildman–Crippen LogP) is 4.20. The standard InChI is InChI=1S/C20H21N3OS/c1-15-7-9-16(10-8-15)18-5-3-12-23(18)20(24)17(14-21)4-2-6-19-22-11-13-25-19/h4,7-11,13,18H,2-3,5-6,12H2,1H3/b17-4+. The summed E-state index contributed by atoms with van der Waals surface area (Å²) in [5, 5.41) is 12.4. The number of aryl methyl sites for hydroxylation is 2. The predicted molar refractivity (Wildman–Crippen MR) is 99.0 cm³/mol. The molecule has 2 heterocycles. The molecule has 0 aliphatic carbocycles. The van der Waals surface area contributed by atoms with Crippen LogP contribution < -0.4 is 0 Å². The van der Waals surface area contributed by atoms with Gasteiger partial charge in [0.15, 0.2) is 0 Å². The number of rotatable bonds is 5. The first-order valence-corrected chi connectivity index (χ1v) is 9.43. The van der Waals surface area contributed by atoms with Crippen molar-refractivity contribution in [3.63, 3.8) is 0 Å². The molecule has 1 unspecified atom stereocenters. The van der Waals surface area contributed by atoms with E-state index < -0.39 is 0 Å². The first-order valence-electron chi connectivity index (χ1n) is 8.55. The van der Waals surface area contributed by atoms with Crippen molar-refractivity contribution in [1.82, 2.24) is 9.88 Å². The number of allylic oxidation sites excluding steroid dienone is 1. The van der Waals surface area contributed by atoms with Gasteiger partial charge in [0.25, 0.3) is 5.91 Å². The molecule has 0 bridgehead atoms. The Hall–Kier alpha value is -2.45. The second-order valence-corrected chi connectivity index (χ2v) is 7.24. The number of nitrogens with zero attached hydrogens (tertiary/aromatic N) is 3. The molecular weight excluding hydrogens is 330 g/mol. The first kappa shape index (κ1) is 17.4. The van der Waals surface area contributed by atoms with Crippen LogP contribution in [-0.4, -0.2) is 22.3 Å². The van der Waals surface area contributed by atoms with E-state index in [2.05, 4.69) is 42.2 Å². The minimum Gasteiger partial charge on any atom is -0.331 e. The number of aromatic nitrogens is 1. The van der Waals surface area contributed by atoms with Crippen LogP contribution in [0.3, 0.4) is 0 Å². The third-order valence-corrected chi connectivity index (χ3v) is 5.36. The van der Waals surface area contributed by atoms with Gasteiger partial charge in [0.05, 0.1) is 11.0 Å². The monoisotopic (exact) mass is 351 g/mol. The number of nitriles is 1. The van der Waals surface area contributed by atoms with Gasteiger partial charge in [-0.25, -0.2) is 4.98 Å². The summed E-state index contributed by atoms with van der Waals surface area (Å²) in [5.41, 5.74) is 2.60. The Kier molecular flexibility index (Phi) is 5.62. The number of carbonyl (C=O) groups is 1. The van der Waals surface area contributed by atoms with Crippen molar-refractivity contribution in [2.24, 2.45) is 0 Å². The quantitative estimate of drug-likeness (QED) is 0.599. The smallest absolute Gasteiger partial charge is 0.264 e. The Labute approximate surface area is 152 Å². The first-order chi connectivity index (χ1) is 12.2. The van der Waals surface area contributed by atoms with Crippen LogP contribution in [-0.2, 0) is 11.2 Å². The molecule has 0 spiro atoms. The molecule has 1 aromatic heterocycles. The molecule has 1 aliphatic heterocycles. The van der Waals surface area contributed by atoms with Gasteiger partial charge in [-0.2, -0.15) is 5.26 Å². The lowest BCUT2D eigenvalue weighted by molar-refractivity contribution is -0.127. The lowest BCUT2D eigenvalue weighted by atomic mass is 10.0. The number of benzene rings is 1. The summed E-state index contributed by atoms with van der Waals surface area (Å²) < 4.78 is 0. The average molecular weight is 351 g/mol. The topological polar surface area (TPSA) is 57.0 Å². The maximum Gasteiger partial charge on any atom is 0.264 e. The molecule has 3 rings (SSSR count). The van der Waals surface area contributed by atoms with Crippen molar-refractivity contribution >= 4 is 17.2 Å². The summed E-state index contributed by atoms with van der Waals surface area (Å²) in [7, 11) is 0. The van der Waals surface area contributed by atoms with Crippen LogP contribution in [0.4, 0.5) is 0 Å². The molecule has 1 aromatic carbocycles. The van der Waals surface area contributed by atoms with Crippen LogP contribution in [0.15, 0.2) is 47.5 Å². The largest absolute Gasteiger partial charge is 0.331 e. The van der Waals surface area contributed by atoms with Crippen LogP contribution in [0.1, 0.15) is 41.4 Å². The highest BCUT2D eigenvalue weighted by molar-refractivity contribution is 7.09. The van der Waals surface area contributed by atoms with Crippen molar-refractivity contribution in [2.45, 2.75) is 38.6 Å². The minimum absolute atomic E-state index is 0.0730. The Bertz CT molecular complexity index is 787. The lowest BCUT2D eigenvalue weighted by Crippen LogP contribution is -2.31. The fourth-order valence-corrected chi connectivity index (χ4v) is 3.83. The van der Waals surface area contributed by atoms with Crippen molar-refractivity contribution in [1.29, 1.82) is 5.26 Å². The van der Waals surface area contributed by atoms with Crippen molar-refractivity contribution in [3.8, 4) is 6.07 Å². The Morgan fingerprint density at radius 1 is 1.44 bits per heavy atom. The van der Waals surface area contributed by atoms with Crippen LogP contribution >= 0.6 is 11.3 Å². The summed E-state index contributed by atoms with van der Waals surface area (Å²) in [5.74, 6) is -0.148. The van der Waals surface area contributed by atoms with Crippen LogP contribution in [0.5, 0.6) is 0 Å². The SMILES string of the molecule is Cc1ccc(C2CCCN2C(=O)/C(C#N)=C/CCc2nccs2)cc1. The van der Waals surface area contributed by atoms with Crippen LogP contribution in [0.2, 0.25) is 0 Å². The zero-order valence-corrected chi connectivity index (χ0v) is 15.1. The van der Waals surface area contributed by atoms with Crippen LogP contribution in [0.25, 0.3) is 0 Å². The second-order valence-electron chi connectivity index (χ2n) is 6.26. The van der Waals surface area contributed by atoms with Gasteiger partial charge in [-0.05, 0) is 31.7 Å². The average Bonchev–Trinajstić information content (AvgIpc) is 3.30. The van der Waals surface area contributed by atoms with Gasteiger partial charge in [-0.1, -0.05) is 35.9 Å². The molecule has 1 amide bonds. The number of amides is 1. The van der Waals surface area contributed by atoms with E-state index in [1.807, 2.05) is 10.3 Å². The highest BCUT2D eigenvalue weighted by atomic mass is 32.1. The Morgan fingerprint density at radius 2 is 2.24 bits per heavy atom. The fourth-order valence-electron chi connectivity index (χ4n) is 3.20. The summed E-state index contributed by atoms with van der Waals surface area (Å²) in [6.07, 6.45) is 6.88. The number of thiazole rings is 1. The van der Waals surface area contributed by atoms with Gasteiger partial charge in [0.1, 0.15) is 11.6 Å². The molecule has 4 nitrogen and oxygen atoms in total. The minimum atomic E-state index is -0.148. The summed E-state index contributed by atoms with van der Waals surface area (Å²) in [6, 6.07) is 10.5. The Balaban J connectivity index is 1.70. The molecule has 0 N–H and O–H groups in total. The van der Waals surface area contributed by atoms with E-state index in [0.717, 1.165) is 29.8 Å². The molecule has 128 valence electrons. The van der Waals surface area contributed by atoms with Gasteiger partial charge in [-0.15, -0.1) is 11.3 Å². The van der Waals surface area contributed by atoms with Gasteiger partial charge in [-0.3, -0.25) is 4.79 Å². The second kappa shape index (κ2) is 8.09. The van der Waals surface area contributed by atoms with E-state index in [-0.39, 0.29) is 17.5 Å². The molecule has 0 radical (unpaired) electrons. The maximum atomic E-state index is 12.8. The summed E-state index contributed by atoms with van der Waals surface area (Å²) in [4.78, 5) is 18.9. The fraction of sp³-hybridized carbons (Fsp3) is 0.350. The number of hydrogen-bond donors (Lipinski definition) is 0. The third kappa shape index (κ3) is 4.15. The lowest BCUT2D eigenvalue weighted by Gasteiger charge is -2.25. The number of carbonyl (C=O) groups excluding carboxylic acids is 1. The highest BCUT2D eigenvalue weighted by Crippen LogP contribution is 2.33. The van der Waals surface area contributed by atoms with E-state index in [0.29, 0.717) is 13.0 Å². The number of likely N-dealkylation sites (tertiary alicyclic amines) is 1. The molecule has 0 saturated carbocycles. The van der Waals surface area contributed by atoms with Gasteiger partial charge in [0, 0.05) is 24.5 Å². The maximum absolute atomic E-state index is 12.8. The van der Waals surface area contributed by atoms with Crippen molar-refractivity contribution in [2.75, 3.05) is 6.54 Å².